The normalized spacial score (nSPS) is 12.9. The second kappa shape index (κ2) is 5.37. The highest BCUT2D eigenvalue weighted by Gasteiger charge is 2.23. The predicted molar refractivity (Wildman–Crippen MR) is 70.0 cm³/mol. The van der Waals surface area contributed by atoms with E-state index >= 15 is 0 Å². The van der Waals surface area contributed by atoms with Crippen LogP contribution in [0.1, 0.15) is 38.0 Å². The van der Waals surface area contributed by atoms with Crippen LogP contribution in [-0.2, 0) is 14.4 Å². The number of rotatable bonds is 4. The summed E-state index contributed by atoms with van der Waals surface area (Å²) in [6.45, 7) is 9.02. The summed E-state index contributed by atoms with van der Waals surface area (Å²) in [4.78, 5) is 10.7. The number of hydrogen-bond acceptors (Lipinski definition) is 2. The highest BCUT2D eigenvalue weighted by Crippen LogP contribution is 2.34. The lowest BCUT2D eigenvalue weighted by atomic mass is 9.94. The first-order valence-electron chi connectivity index (χ1n) is 5.47. The van der Waals surface area contributed by atoms with Gasteiger partial charge in [-0.15, -0.1) is 11.6 Å². The maximum atomic E-state index is 11.2. The van der Waals surface area contributed by atoms with E-state index in [1.54, 1.807) is 0 Å². The van der Waals surface area contributed by atoms with E-state index in [0.29, 0.717) is 0 Å². The van der Waals surface area contributed by atoms with Crippen molar-refractivity contribution in [1.82, 2.24) is 0 Å². The second-order valence-electron chi connectivity index (χ2n) is 4.34. The van der Waals surface area contributed by atoms with Gasteiger partial charge in [-0.2, -0.15) is 0 Å². The molecule has 0 fully saturated rings. The molecule has 0 bridgehead atoms. The van der Waals surface area contributed by atoms with Gasteiger partial charge in [-0.3, -0.25) is 0 Å². The van der Waals surface area contributed by atoms with Crippen molar-refractivity contribution >= 4 is 17.6 Å². The van der Waals surface area contributed by atoms with Gasteiger partial charge in [0.25, 0.3) is 0 Å². The molecular formula is C14H17ClO2. The third kappa shape index (κ3) is 3.60. The SMILES string of the molecule is C=CC(=O)OC(C)c1ccccc1C(C)(C)Cl. The Morgan fingerprint density at radius 1 is 1.47 bits per heavy atom. The lowest BCUT2D eigenvalue weighted by Gasteiger charge is -2.23. The predicted octanol–water partition coefficient (Wildman–Crippen LogP) is 3.95. The number of carbonyl (C=O) groups is 1. The molecule has 1 aromatic carbocycles. The molecule has 0 N–H and O–H groups in total. The zero-order chi connectivity index (χ0) is 13.1. The minimum absolute atomic E-state index is 0.338. The number of benzene rings is 1. The summed E-state index contributed by atoms with van der Waals surface area (Å²) >= 11 is 6.32. The van der Waals surface area contributed by atoms with E-state index in [-0.39, 0.29) is 6.10 Å². The van der Waals surface area contributed by atoms with E-state index in [0.717, 1.165) is 17.2 Å². The van der Waals surface area contributed by atoms with Gasteiger partial charge in [-0.25, -0.2) is 4.79 Å². The zero-order valence-electron chi connectivity index (χ0n) is 10.4. The molecule has 0 aromatic heterocycles. The summed E-state index contributed by atoms with van der Waals surface area (Å²) in [5.41, 5.74) is 1.88. The summed E-state index contributed by atoms with van der Waals surface area (Å²) in [7, 11) is 0. The van der Waals surface area contributed by atoms with Crippen LogP contribution >= 0.6 is 11.6 Å². The summed E-state index contributed by atoms with van der Waals surface area (Å²) in [6, 6.07) is 7.69. The molecule has 0 aliphatic rings. The molecule has 0 amide bonds. The molecule has 1 atom stereocenters. The van der Waals surface area contributed by atoms with Crippen LogP contribution in [0, 0.1) is 0 Å². The fourth-order valence-corrected chi connectivity index (χ4v) is 1.85. The third-order valence-electron chi connectivity index (χ3n) is 2.50. The fraction of sp³-hybridized carbons (Fsp3) is 0.357. The van der Waals surface area contributed by atoms with Crippen molar-refractivity contribution in [2.45, 2.75) is 31.7 Å². The summed E-state index contributed by atoms with van der Waals surface area (Å²) in [5, 5.41) is 0. The quantitative estimate of drug-likeness (QED) is 0.461. The van der Waals surface area contributed by atoms with Crippen molar-refractivity contribution in [3.63, 3.8) is 0 Å². The van der Waals surface area contributed by atoms with Crippen LogP contribution in [0.15, 0.2) is 36.9 Å². The average Bonchev–Trinajstić information content (AvgIpc) is 2.27. The van der Waals surface area contributed by atoms with Crippen LogP contribution in [0.25, 0.3) is 0 Å². The summed E-state index contributed by atoms with van der Waals surface area (Å²) < 4.78 is 5.21. The van der Waals surface area contributed by atoms with Crippen molar-refractivity contribution in [3.05, 3.63) is 48.0 Å². The van der Waals surface area contributed by atoms with Gasteiger partial charge in [0.05, 0.1) is 4.87 Å². The first-order chi connectivity index (χ1) is 7.86. The highest BCUT2D eigenvalue weighted by molar-refractivity contribution is 6.23. The molecule has 92 valence electrons. The standard InChI is InChI=1S/C14H17ClO2/c1-5-13(16)17-10(2)11-8-6-7-9-12(11)14(3,4)15/h5-10H,1H2,2-4H3. The van der Waals surface area contributed by atoms with Crippen LogP contribution in [0.3, 0.4) is 0 Å². The minimum atomic E-state index is -0.495. The smallest absolute Gasteiger partial charge is 0.330 e. The molecule has 1 aromatic rings. The van der Waals surface area contributed by atoms with E-state index in [1.807, 2.05) is 45.0 Å². The first kappa shape index (κ1) is 13.8. The molecule has 0 saturated carbocycles. The van der Waals surface area contributed by atoms with Gasteiger partial charge in [0.1, 0.15) is 6.10 Å². The lowest BCUT2D eigenvalue weighted by Crippen LogP contribution is -2.15. The number of esters is 1. The third-order valence-corrected chi connectivity index (χ3v) is 2.70. The monoisotopic (exact) mass is 252 g/mol. The van der Waals surface area contributed by atoms with Gasteiger partial charge in [-0.05, 0) is 31.9 Å². The minimum Gasteiger partial charge on any atom is -0.455 e. The molecule has 1 rings (SSSR count). The maximum Gasteiger partial charge on any atom is 0.330 e. The Bertz CT molecular complexity index is 418. The van der Waals surface area contributed by atoms with E-state index in [4.69, 9.17) is 16.3 Å². The Hall–Kier alpha value is -1.28. The Morgan fingerprint density at radius 3 is 2.59 bits per heavy atom. The molecule has 0 radical (unpaired) electrons. The topological polar surface area (TPSA) is 26.3 Å². The lowest BCUT2D eigenvalue weighted by molar-refractivity contribution is -0.142. The highest BCUT2D eigenvalue weighted by atomic mass is 35.5. The zero-order valence-corrected chi connectivity index (χ0v) is 11.1. The molecule has 1 unspecified atom stereocenters. The molecule has 0 aliphatic heterocycles. The molecule has 0 saturated heterocycles. The van der Waals surface area contributed by atoms with E-state index in [1.165, 1.54) is 0 Å². The first-order valence-corrected chi connectivity index (χ1v) is 5.85. The molecule has 0 heterocycles. The van der Waals surface area contributed by atoms with Gasteiger partial charge in [-0.1, -0.05) is 30.8 Å². The summed E-state index contributed by atoms with van der Waals surface area (Å²) in [5.74, 6) is -0.431. The number of halogens is 1. The van der Waals surface area contributed by atoms with E-state index < -0.39 is 10.8 Å². The van der Waals surface area contributed by atoms with E-state index in [9.17, 15) is 4.79 Å². The van der Waals surface area contributed by atoms with Gasteiger partial charge in [0.15, 0.2) is 0 Å². The molecule has 0 aliphatic carbocycles. The van der Waals surface area contributed by atoms with Gasteiger partial charge < -0.3 is 4.74 Å². The van der Waals surface area contributed by atoms with Gasteiger partial charge in [0, 0.05) is 6.08 Å². The Kier molecular flexibility index (Phi) is 4.35. The summed E-state index contributed by atoms with van der Waals surface area (Å²) in [6.07, 6.45) is 0.819. The Morgan fingerprint density at radius 2 is 2.06 bits per heavy atom. The number of hydrogen-bond donors (Lipinski definition) is 0. The molecule has 17 heavy (non-hydrogen) atoms. The van der Waals surface area contributed by atoms with Crippen molar-refractivity contribution in [1.29, 1.82) is 0 Å². The van der Waals surface area contributed by atoms with E-state index in [2.05, 4.69) is 6.58 Å². The van der Waals surface area contributed by atoms with Crippen LogP contribution in [-0.4, -0.2) is 5.97 Å². The van der Waals surface area contributed by atoms with Crippen LogP contribution < -0.4 is 0 Å². The Labute approximate surface area is 107 Å². The van der Waals surface area contributed by atoms with Crippen LogP contribution in [0.4, 0.5) is 0 Å². The molecular weight excluding hydrogens is 236 g/mol. The van der Waals surface area contributed by atoms with Crippen molar-refractivity contribution < 1.29 is 9.53 Å². The van der Waals surface area contributed by atoms with Crippen LogP contribution in [0.5, 0.6) is 0 Å². The van der Waals surface area contributed by atoms with Crippen molar-refractivity contribution in [2.24, 2.45) is 0 Å². The second-order valence-corrected chi connectivity index (χ2v) is 5.29. The van der Waals surface area contributed by atoms with Crippen LogP contribution in [0.2, 0.25) is 0 Å². The molecule has 0 spiro atoms. The largest absolute Gasteiger partial charge is 0.455 e. The van der Waals surface area contributed by atoms with Crippen molar-refractivity contribution in [3.8, 4) is 0 Å². The average molecular weight is 253 g/mol. The van der Waals surface area contributed by atoms with Gasteiger partial charge in [0.2, 0.25) is 0 Å². The van der Waals surface area contributed by atoms with Gasteiger partial charge >= 0.3 is 5.97 Å². The fourth-order valence-electron chi connectivity index (χ4n) is 1.68. The maximum absolute atomic E-state index is 11.2. The molecule has 3 heteroatoms. The number of alkyl halides is 1. The number of carbonyl (C=O) groups excluding carboxylic acids is 1. The number of ether oxygens (including phenoxy) is 1. The van der Waals surface area contributed by atoms with Crippen molar-refractivity contribution in [2.75, 3.05) is 0 Å². The molecule has 2 nitrogen and oxygen atoms in total. The Balaban J connectivity index is 3.05.